The molecule has 2 aromatic carbocycles. The van der Waals surface area contributed by atoms with E-state index in [4.69, 9.17) is 10.00 Å². The fraction of sp³-hybridized carbons (Fsp3) is 0.235. The Morgan fingerprint density at radius 2 is 1.79 bits per heavy atom. The fourth-order valence-electron chi connectivity index (χ4n) is 1.96. The quantitative estimate of drug-likeness (QED) is 0.801. The van der Waals surface area contributed by atoms with E-state index in [0.29, 0.717) is 12.2 Å². The molecule has 19 heavy (non-hydrogen) atoms. The number of ether oxygens (including phenoxy) is 1. The molecule has 0 bridgehead atoms. The van der Waals surface area contributed by atoms with Crippen molar-refractivity contribution in [3.8, 4) is 11.8 Å². The van der Waals surface area contributed by atoms with Crippen LogP contribution < -0.4 is 4.74 Å². The maximum atomic E-state index is 9.01. The molecule has 96 valence electrons. The molecule has 0 fully saturated rings. The van der Waals surface area contributed by atoms with Crippen LogP contribution in [0.5, 0.6) is 5.75 Å². The molecule has 0 unspecified atom stereocenters. The molecule has 0 spiro atoms. The molecule has 0 aromatic heterocycles. The molecule has 0 saturated carbocycles. The van der Waals surface area contributed by atoms with Gasteiger partial charge in [-0.2, -0.15) is 5.26 Å². The van der Waals surface area contributed by atoms with E-state index in [1.165, 1.54) is 5.56 Å². The van der Waals surface area contributed by atoms with Gasteiger partial charge in [-0.15, -0.1) is 0 Å². The lowest BCUT2D eigenvalue weighted by Crippen LogP contribution is -1.98. The van der Waals surface area contributed by atoms with E-state index in [2.05, 4.69) is 25.1 Å². The van der Waals surface area contributed by atoms with Crippen LogP contribution in [0.3, 0.4) is 0 Å². The third kappa shape index (κ3) is 3.59. The molecule has 0 heterocycles. The Kier molecular flexibility index (Phi) is 4.58. The van der Waals surface area contributed by atoms with Gasteiger partial charge in [0.2, 0.25) is 0 Å². The van der Waals surface area contributed by atoms with Crippen molar-refractivity contribution in [2.45, 2.75) is 26.4 Å². The van der Waals surface area contributed by atoms with Crippen LogP contribution in [0.2, 0.25) is 0 Å². The molecule has 0 aliphatic rings. The van der Waals surface area contributed by atoms with Crippen molar-refractivity contribution in [3.63, 3.8) is 0 Å². The van der Waals surface area contributed by atoms with Gasteiger partial charge in [0, 0.05) is 5.56 Å². The molecule has 2 rings (SSSR count). The minimum atomic E-state index is 0.427. The van der Waals surface area contributed by atoms with Crippen molar-refractivity contribution < 1.29 is 4.74 Å². The first kappa shape index (κ1) is 13.2. The average Bonchev–Trinajstić information content (AvgIpc) is 2.47. The molecule has 0 saturated heterocycles. The highest BCUT2D eigenvalue weighted by molar-refractivity contribution is 5.37. The molecule has 0 aliphatic heterocycles. The van der Waals surface area contributed by atoms with Gasteiger partial charge in [0.1, 0.15) is 12.4 Å². The number of aryl methyl sites for hydroxylation is 1. The summed E-state index contributed by atoms with van der Waals surface area (Å²) in [5.74, 6) is 0.840. The first-order valence-corrected chi connectivity index (χ1v) is 6.53. The second-order valence-corrected chi connectivity index (χ2v) is 4.45. The van der Waals surface area contributed by atoms with E-state index >= 15 is 0 Å². The Balaban J connectivity index is 2.00. The van der Waals surface area contributed by atoms with Crippen molar-refractivity contribution in [2.24, 2.45) is 0 Å². The zero-order chi connectivity index (χ0) is 13.5. The summed E-state index contributed by atoms with van der Waals surface area (Å²) in [5.41, 5.74) is 2.92. The van der Waals surface area contributed by atoms with Gasteiger partial charge in [0.25, 0.3) is 0 Å². The summed E-state index contributed by atoms with van der Waals surface area (Å²) in [5, 5.41) is 9.01. The summed E-state index contributed by atoms with van der Waals surface area (Å²) in [6, 6.07) is 17.8. The number of hydrogen-bond donors (Lipinski definition) is 0. The molecular weight excluding hydrogens is 234 g/mol. The minimum absolute atomic E-state index is 0.427. The van der Waals surface area contributed by atoms with Crippen LogP contribution in [0.1, 0.15) is 30.0 Å². The average molecular weight is 251 g/mol. The minimum Gasteiger partial charge on any atom is -0.489 e. The zero-order valence-electron chi connectivity index (χ0n) is 11.1. The van der Waals surface area contributed by atoms with Gasteiger partial charge in [-0.3, -0.25) is 0 Å². The Morgan fingerprint density at radius 1 is 1.05 bits per heavy atom. The third-order valence-electron chi connectivity index (χ3n) is 2.99. The molecule has 2 aromatic rings. The molecular formula is C17H17NO. The highest BCUT2D eigenvalue weighted by Gasteiger charge is 2.02. The first-order chi connectivity index (χ1) is 9.33. The van der Waals surface area contributed by atoms with Gasteiger partial charge >= 0.3 is 0 Å². The molecule has 0 radical (unpaired) electrons. The van der Waals surface area contributed by atoms with Crippen molar-refractivity contribution in [1.29, 1.82) is 5.26 Å². The van der Waals surface area contributed by atoms with Gasteiger partial charge in [0.05, 0.1) is 11.6 Å². The van der Waals surface area contributed by atoms with Crippen LogP contribution in [0.15, 0.2) is 48.5 Å². The second-order valence-electron chi connectivity index (χ2n) is 4.45. The predicted octanol–water partition coefficient (Wildman–Crippen LogP) is 4.09. The van der Waals surface area contributed by atoms with E-state index in [-0.39, 0.29) is 0 Å². The Labute approximate surface area is 114 Å². The molecule has 0 amide bonds. The van der Waals surface area contributed by atoms with E-state index in [1.54, 1.807) is 0 Å². The van der Waals surface area contributed by atoms with Gasteiger partial charge in [0.15, 0.2) is 0 Å². The monoisotopic (exact) mass is 251 g/mol. The van der Waals surface area contributed by atoms with Crippen molar-refractivity contribution in [2.75, 3.05) is 0 Å². The van der Waals surface area contributed by atoms with Crippen LogP contribution in [0.25, 0.3) is 0 Å². The molecule has 2 heteroatoms. The predicted molar refractivity (Wildman–Crippen MR) is 75.9 cm³/mol. The Bertz CT molecular complexity index is 567. The standard InChI is InChI=1S/C17H17NO/c1-2-5-14-8-10-17(11-9-14)19-13-16-7-4-3-6-15(16)12-18/h3-4,6-11H,2,5,13H2,1H3. The fourth-order valence-corrected chi connectivity index (χ4v) is 1.96. The summed E-state index contributed by atoms with van der Waals surface area (Å²) in [4.78, 5) is 0. The van der Waals surface area contributed by atoms with Crippen LogP contribution in [0.4, 0.5) is 0 Å². The molecule has 0 atom stereocenters. The lowest BCUT2D eigenvalue weighted by molar-refractivity contribution is 0.306. The molecule has 0 N–H and O–H groups in total. The van der Waals surface area contributed by atoms with Crippen LogP contribution in [-0.2, 0) is 13.0 Å². The first-order valence-electron chi connectivity index (χ1n) is 6.53. The van der Waals surface area contributed by atoms with E-state index in [9.17, 15) is 0 Å². The van der Waals surface area contributed by atoms with Gasteiger partial charge in [-0.05, 0) is 30.2 Å². The number of hydrogen-bond acceptors (Lipinski definition) is 2. The van der Waals surface area contributed by atoms with E-state index in [1.807, 2.05) is 36.4 Å². The van der Waals surface area contributed by atoms with Crippen molar-refractivity contribution in [1.82, 2.24) is 0 Å². The summed E-state index contributed by atoms with van der Waals surface area (Å²) in [6.07, 6.45) is 2.24. The number of rotatable bonds is 5. The summed E-state index contributed by atoms with van der Waals surface area (Å²) >= 11 is 0. The van der Waals surface area contributed by atoms with Crippen LogP contribution in [0, 0.1) is 11.3 Å². The summed E-state index contributed by atoms with van der Waals surface area (Å²) < 4.78 is 5.72. The molecule has 0 aliphatic carbocycles. The summed E-state index contributed by atoms with van der Waals surface area (Å²) in [6.45, 7) is 2.60. The van der Waals surface area contributed by atoms with Gasteiger partial charge < -0.3 is 4.74 Å². The van der Waals surface area contributed by atoms with Gasteiger partial charge in [-0.25, -0.2) is 0 Å². The molecule has 2 nitrogen and oxygen atoms in total. The zero-order valence-corrected chi connectivity index (χ0v) is 11.1. The second kappa shape index (κ2) is 6.61. The van der Waals surface area contributed by atoms with Crippen molar-refractivity contribution in [3.05, 3.63) is 65.2 Å². The Hall–Kier alpha value is -2.27. The lowest BCUT2D eigenvalue weighted by Gasteiger charge is -2.08. The maximum Gasteiger partial charge on any atom is 0.119 e. The van der Waals surface area contributed by atoms with Gasteiger partial charge in [-0.1, -0.05) is 43.7 Å². The van der Waals surface area contributed by atoms with Crippen LogP contribution in [-0.4, -0.2) is 0 Å². The normalized spacial score (nSPS) is 9.89. The highest BCUT2D eigenvalue weighted by Crippen LogP contribution is 2.16. The van der Waals surface area contributed by atoms with Crippen LogP contribution >= 0.6 is 0 Å². The highest BCUT2D eigenvalue weighted by atomic mass is 16.5. The maximum absolute atomic E-state index is 9.01. The summed E-state index contributed by atoms with van der Waals surface area (Å²) in [7, 11) is 0. The van der Waals surface area contributed by atoms with E-state index in [0.717, 1.165) is 24.2 Å². The number of nitriles is 1. The lowest BCUT2D eigenvalue weighted by atomic mass is 10.1. The van der Waals surface area contributed by atoms with Crippen molar-refractivity contribution >= 4 is 0 Å². The largest absolute Gasteiger partial charge is 0.489 e. The topological polar surface area (TPSA) is 33.0 Å². The SMILES string of the molecule is CCCc1ccc(OCc2ccccc2C#N)cc1. The van der Waals surface area contributed by atoms with E-state index < -0.39 is 0 Å². The Morgan fingerprint density at radius 3 is 2.47 bits per heavy atom. The smallest absolute Gasteiger partial charge is 0.119 e. The number of nitrogens with zero attached hydrogens (tertiary/aromatic N) is 1. The third-order valence-corrected chi connectivity index (χ3v) is 2.99. The number of benzene rings is 2.